The maximum Gasteiger partial charge on any atom is 0.256 e. The number of aromatic hydroxyl groups is 1. The third-order valence-corrected chi connectivity index (χ3v) is 4.06. The van der Waals surface area contributed by atoms with E-state index in [2.05, 4.69) is 11.8 Å². The van der Waals surface area contributed by atoms with Gasteiger partial charge in [0.15, 0.2) is 0 Å². The van der Waals surface area contributed by atoms with E-state index < -0.39 is 5.82 Å². The van der Waals surface area contributed by atoms with Gasteiger partial charge in [-0.05, 0) is 31.5 Å². The Morgan fingerprint density at radius 3 is 2.65 bits per heavy atom. The highest BCUT2D eigenvalue weighted by atomic mass is 19.1. The number of nitrogens with zero attached hydrogens (tertiary/aromatic N) is 2. The van der Waals surface area contributed by atoms with Crippen LogP contribution >= 0.6 is 0 Å². The molecule has 0 saturated carbocycles. The van der Waals surface area contributed by atoms with Crippen LogP contribution in [-0.4, -0.2) is 53.5 Å². The van der Waals surface area contributed by atoms with Gasteiger partial charge in [-0.15, -0.1) is 0 Å². The maximum absolute atomic E-state index is 13.7. The SMILES string of the molecule is CCN1CCC(N(C)C(=O)c2ccc(O)cc2F)CC1. The molecule has 1 heterocycles. The number of phenols is 1. The van der Waals surface area contributed by atoms with Crippen LogP contribution in [0.15, 0.2) is 18.2 Å². The highest BCUT2D eigenvalue weighted by molar-refractivity contribution is 5.94. The average Bonchev–Trinajstić information content (AvgIpc) is 2.46. The van der Waals surface area contributed by atoms with Crippen molar-refractivity contribution in [3.8, 4) is 5.75 Å². The van der Waals surface area contributed by atoms with Crippen LogP contribution < -0.4 is 0 Å². The summed E-state index contributed by atoms with van der Waals surface area (Å²) >= 11 is 0. The van der Waals surface area contributed by atoms with Gasteiger partial charge in [0.1, 0.15) is 11.6 Å². The van der Waals surface area contributed by atoms with Gasteiger partial charge in [0, 0.05) is 32.2 Å². The molecule has 0 unspecified atom stereocenters. The first-order valence-corrected chi connectivity index (χ1v) is 7.01. The van der Waals surface area contributed by atoms with Gasteiger partial charge < -0.3 is 14.9 Å². The van der Waals surface area contributed by atoms with Gasteiger partial charge in [-0.25, -0.2) is 4.39 Å². The Bertz CT molecular complexity index is 485. The van der Waals surface area contributed by atoms with Crippen molar-refractivity contribution in [1.82, 2.24) is 9.80 Å². The van der Waals surface area contributed by atoms with Crippen LogP contribution in [0.1, 0.15) is 30.1 Å². The Hall–Kier alpha value is -1.62. The highest BCUT2D eigenvalue weighted by Crippen LogP contribution is 2.20. The number of phenolic OH excluding ortho intramolecular Hbond substituents is 1. The van der Waals surface area contributed by atoms with Crippen molar-refractivity contribution in [1.29, 1.82) is 0 Å². The van der Waals surface area contributed by atoms with E-state index in [1.165, 1.54) is 12.1 Å². The summed E-state index contributed by atoms with van der Waals surface area (Å²) in [7, 11) is 1.72. The maximum atomic E-state index is 13.7. The molecular formula is C15H21FN2O2. The molecule has 2 rings (SSSR count). The molecule has 110 valence electrons. The largest absolute Gasteiger partial charge is 0.508 e. The smallest absolute Gasteiger partial charge is 0.256 e. The highest BCUT2D eigenvalue weighted by Gasteiger charge is 2.26. The molecule has 1 aliphatic rings. The molecule has 1 N–H and O–H groups in total. The van der Waals surface area contributed by atoms with Crippen LogP contribution in [0.5, 0.6) is 5.75 Å². The van der Waals surface area contributed by atoms with E-state index >= 15 is 0 Å². The number of carbonyl (C=O) groups excluding carboxylic acids is 1. The van der Waals surface area contributed by atoms with Crippen molar-refractivity contribution >= 4 is 5.91 Å². The first-order valence-electron chi connectivity index (χ1n) is 7.01. The molecular weight excluding hydrogens is 259 g/mol. The van der Waals surface area contributed by atoms with Gasteiger partial charge in [-0.2, -0.15) is 0 Å². The van der Waals surface area contributed by atoms with Crippen LogP contribution in [0.2, 0.25) is 0 Å². The number of benzene rings is 1. The molecule has 1 aromatic rings. The summed E-state index contributed by atoms with van der Waals surface area (Å²) in [6.45, 7) is 5.09. The zero-order valence-corrected chi connectivity index (χ0v) is 12.0. The molecule has 1 aliphatic heterocycles. The lowest BCUT2D eigenvalue weighted by Gasteiger charge is -2.36. The van der Waals surface area contributed by atoms with E-state index in [1.807, 2.05) is 0 Å². The predicted octanol–water partition coefficient (Wildman–Crippen LogP) is 2.09. The van der Waals surface area contributed by atoms with Crippen LogP contribution in [-0.2, 0) is 0 Å². The fourth-order valence-corrected chi connectivity index (χ4v) is 2.66. The van der Waals surface area contributed by atoms with E-state index in [9.17, 15) is 14.3 Å². The average molecular weight is 280 g/mol. The monoisotopic (exact) mass is 280 g/mol. The second-order valence-corrected chi connectivity index (χ2v) is 5.25. The van der Waals surface area contributed by atoms with E-state index in [1.54, 1.807) is 11.9 Å². The first kappa shape index (κ1) is 14.8. The lowest BCUT2D eigenvalue weighted by molar-refractivity contribution is 0.0642. The van der Waals surface area contributed by atoms with Crippen molar-refractivity contribution in [2.75, 3.05) is 26.7 Å². The summed E-state index contributed by atoms with van der Waals surface area (Å²) in [5, 5.41) is 9.19. The van der Waals surface area contributed by atoms with Gasteiger partial charge in [-0.1, -0.05) is 6.92 Å². The minimum atomic E-state index is -0.673. The molecule has 0 aliphatic carbocycles. The molecule has 5 heteroatoms. The van der Waals surface area contributed by atoms with Gasteiger partial charge in [-0.3, -0.25) is 4.79 Å². The zero-order chi connectivity index (χ0) is 14.7. The number of carbonyl (C=O) groups is 1. The Balaban J connectivity index is 2.05. The number of likely N-dealkylation sites (tertiary alicyclic amines) is 1. The van der Waals surface area contributed by atoms with E-state index in [0.29, 0.717) is 0 Å². The molecule has 0 radical (unpaired) electrons. The standard InChI is InChI=1S/C15H21FN2O2/c1-3-18-8-6-11(7-9-18)17(2)15(20)13-5-4-12(19)10-14(13)16/h4-5,10-11,19H,3,6-9H2,1-2H3. The summed E-state index contributed by atoms with van der Waals surface area (Å²) in [6.07, 6.45) is 1.82. The second-order valence-electron chi connectivity index (χ2n) is 5.25. The minimum absolute atomic E-state index is 0.0169. The molecule has 20 heavy (non-hydrogen) atoms. The summed E-state index contributed by atoms with van der Waals surface area (Å²) in [5.74, 6) is -1.16. The number of hydrogen-bond donors (Lipinski definition) is 1. The normalized spacial score (nSPS) is 17.1. The zero-order valence-electron chi connectivity index (χ0n) is 12.0. The molecule has 1 fully saturated rings. The van der Waals surface area contributed by atoms with Crippen molar-refractivity contribution in [3.05, 3.63) is 29.6 Å². The molecule has 1 saturated heterocycles. The van der Waals surface area contributed by atoms with Gasteiger partial charge in [0.05, 0.1) is 5.56 Å². The molecule has 0 atom stereocenters. The Morgan fingerprint density at radius 2 is 2.10 bits per heavy atom. The summed E-state index contributed by atoms with van der Waals surface area (Å²) in [5.41, 5.74) is 0.0169. The lowest BCUT2D eigenvalue weighted by Crippen LogP contribution is -2.45. The number of halogens is 1. The van der Waals surface area contributed by atoms with Crippen LogP contribution in [0.4, 0.5) is 4.39 Å². The predicted molar refractivity (Wildman–Crippen MR) is 75.3 cm³/mol. The van der Waals surface area contributed by atoms with Crippen molar-refractivity contribution < 1.29 is 14.3 Å². The number of amides is 1. The fourth-order valence-electron chi connectivity index (χ4n) is 2.66. The number of piperidine rings is 1. The van der Waals surface area contributed by atoms with Crippen LogP contribution in [0.3, 0.4) is 0 Å². The molecule has 1 aromatic carbocycles. The molecule has 0 spiro atoms. The lowest BCUT2D eigenvalue weighted by atomic mass is 10.0. The first-order chi connectivity index (χ1) is 9.52. The van der Waals surface area contributed by atoms with E-state index in [-0.39, 0.29) is 23.3 Å². The topological polar surface area (TPSA) is 43.8 Å². The second kappa shape index (κ2) is 6.22. The number of rotatable bonds is 3. The van der Waals surface area contributed by atoms with E-state index in [4.69, 9.17) is 0 Å². The van der Waals surface area contributed by atoms with Crippen LogP contribution in [0, 0.1) is 5.82 Å². The number of hydrogen-bond acceptors (Lipinski definition) is 3. The van der Waals surface area contributed by atoms with Gasteiger partial charge in [0.2, 0.25) is 0 Å². The van der Waals surface area contributed by atoms with Gasteiger partial charge in [0.25, 0.3) is 5.91 Å². The van der Waals surface area contributed by atoms with Crippen molar-refractivity contribution in [2.45, 2.75) is 25.8 Å². The molecule has 0 aromatic heterocycles. The van der Waals surface area contributed by atoms with Gasteiger partial charge >= 0.3 is 0 Å². The van der Waals surface area contributed by atoms with Crippen molar-refractivity contribution in [3.63, 3.8) is 0 Å². The Morgan fingerprint density at radius 1 is 1.45 bits per heavy atom. The molecule has 4 nitrogen and oxygen atoms in total. The van der Waals surface area contributed by atoms with Crippen molar-refractivity contribution in [2.24, 2.45) is 0 Å². The Kier molecular flexibility index (Phi) is 4.60. The van der Waals surface area contributed by atoms with E-state index in [0.717, 1.165) is 38.5 Å². The third kappa shape index (κ3) is 3.10. The quantitative estimate of drug-likeness (QED) is 0.922. The van der Waals surface area contributed by atoms with Crippen LogP contribution in [0.25, 0.3) is 0 Å². The third-order valence-electron chi connectivity index (χ3n) is 4.06. The summed E-state index contributed by atoms with van der Waals surface area (Å²) < 4.78 is 13.7. The molecule has 0 bridgehead atoms. The minimum Gasteiger partial charge on any atom is -0.508 e. The summed E-state index contributed by atoms with van der Waals surface area (Å²) in [4.78, 5) is 16.3. The summed E-state index contributed by atoms with van der Waals surface area (Å²) in [6, 6.07) is 3.80. The Labute approximate surface area is 118 Å². The molecule has 1 amide bonds. The fraction of sp³-hybridized carbons (Fsp3) is 0.533.